The maximum atomic E-state index is 13.4. The lowest BCUT2D eigenvalue weighted by Crippen LogP contribution is -2.36. The number of carbonyl (C=O) groups is 1. The van der Waals surface area contributed by atoms with Crippen LogP contribution in [-0.2, 0) is 4.79 Å². The number of carboxylic acids is 1. The summed E-state index contributed by atoms with van der Waals surface area (Å²) in [6, 6.07) is 5.40. The molecule has 1 heterocycles. The average molecular weight is 234 g/mol. The largest absolute Gasteiger partial charge is 0.480 e. The molecule has 2 rings (SSSR count). The number of anilines is 1. The summed E-state index contributed by atoms with van der Waals surface area (Å²) in [5, 5.41) is 18.0. The molecule has 17 heavy (non-hydrogen) atoms. The zero-order valence-corrected chi connectivity index (χ0v) is 9.06. The van der Waals surface area contributed by atoms with Crippen LogP contribution in [-0.4, -0.2) is 23.7 Å². The third kappa shape index (κ3) is 1.94. The van der Waals surface area contributed by atoms with Crippen LogP contribution in [0.3, 0.4) is 0 Å². The van der Waals surface area contributed by atoms with Crippen molar-refractivity contribution in [1.29, 1.82) is 5.26 Å². The molecule has 1 saturated heterocycles. The average Bonchev–Trinajstić information content (AvgIpc) is 2.77. The van der Waals surface area contributed by atoms with Gasteiger partial charge in [-0.25, -0.2) is 9.18 Å². The van der Waals surface area contributed by atoms with Gasteiger partial charge in [0.15, 0.2) is 0 Å². The van der Waals surface area contributed by atoms with E-state index in [9.17, 15) is 9.18 Å². The quantitative estimate of drug-likeness (QED) is 0.846. The topological polar surface area (TPSA) is 64.3 Å². The van der Waals surface area contributed by atoms with Crippen molar-refractivity contribution in [3.8, 4) is 6.07 Å². The minimum absolute atomic E-state index is 0.0827. The Bertz CT molecular complexity index is 496. The number of hydrogen-bond acceptors (Lipinski definition) is 3. The van der Waals surface area contributed by atoms with Crippen LogP contribution in [0.4, 0.5) is 10.1 Å². The fourth-order valence-electron chi connectivity index (χ4n) is 2.17. The lowest BCUT2D eigenvalue weighted by molar-refractivity contribution is -0.138. The summed E-state index contributed by atoms with van der Waals surface area (Å²) in [7, 11) is 0. The Morgan fingerprint density at radius 3 is 3.00 bits per heavy atom. The Morgan fingerprint density at radius 1 is 1.59 bits per heavy atom. The molecule has 0 spiro atoms. The number of aliphatic carboxylic acids is 1. The highest BCUT2D eigenvalue weighted by Gasteiger charge is 2.32. The van der Waals surface area contributed by atoms with Gasteiger partial charge in [-0.05, 0) is 25.0 Å². The lowest BCUT2D eigenvalue weighted by Gasteiger charge is -2.24. The molecule has 1 aromatic rings. The second-order valence-electron chi connectivity index (χ2n) is 3.94. The van der Waals surface area contributed by atoms with Crippen molar-refractivity contribution in [3.05, 3.63) is 29.6 Å². The third-order valence-electron chi connectivity index (χ3n) is 2.95. The first kappa shape index (κ1) is 11.4. The molecule has 1 N–H and O–H groups in total. The number of nitriles is 1. The molecule has 0 radical (unpaired) electrons. The molecule has 1 fully saturated rings. The summed E-state index contributed by atoms with van der Waals surface area (Å²) < 4.78 is 13.4. The zero-order chi connectivity index (χ0) is 12.4. The first-order valence-electron chi connectivity index (χ1n) is 5.33. The second kappa shape index (κ2) is 4.42. The Hall–Kier alpha value is -2.09. The van der Waals surface area contributed by atoms with E-state index in [-0.39, 0.29) is 5.56 Å². The van der Waals surface area contributed by atoms with Gasteiger partial charge >= 0.3 is 5.97 Å². The van der Waals surface area contributed by atoms with Crippen LogP contribution in [0.25, 0.3) is 0 Å². The molecule has 0 bridgehead atoms. The fraction of sp³-hybridized carbons (Fsp3) is 0.333. The van der Waals surface area contributed by atoms with E-state index in [0.29, 0.717) is 18.7 Å². The Kier molecular flexibility index (Phi) is 2.96. The number of nitrogens with zero attached hydrogens (tertiary/aromatic N) is 2. The van der Waals surface area contributed by atoms with Gasteiger partial charge in [0.05, 0.1) is 5.69 Å². The van der Waals surface area contributed by atoms with Gasteiger partial charge in [0.2, 0.25) is 0 Å². The van der Waals surface area contributed by atoms with Crippen LogP contribution < -0.4 is 4.90 Å². The van der Waals surface area contributed by atoms with Crippen molar-refractivity contribution >= 4 is 11.7 Å². The molecule has 1 aromatic carbocycles. The highest BCUT2D eigenvalue weighted by molar-refractivity contribution is 5.80. The second-order valence-corrected chi connectivity index (χ2v) is 3.94. The van der Waals surface area contributed by atoms with E-state index in [1.165, 1.54) is 12.1 Å². The van der Waals surface area contributed by atoms with Crippen molar-refractivity contribution in [2.24, 2.45) is 0 Å². The van der Waals surface area contributed by atoms with Gasteiger partial charge in [0.1, 0.15) is 23.5 Å². The Balaban J connectivity index is 2.44. The molecule has 1 atom stereocenters. The Labute approximate surface area is 97.9 Å². The molecule has 0 amide bonds. The van der Waals surface area contributed by atoms with Crippen LogP contribution in [0.1, 0.15) is 18.4 Å². The first-order chi connectivity index (χ1) is 8.15. The van der Waals surface area contributed by atoms with Crippen LogP contribution in [0.15, 0.2) is 18.2 Å². The number of rotatable bonds is 2. The van der Waals surface area contributed by atoms with Crippen molar-refractivity contribution in [2.75, 3.05) is 11.4 Å². The predicted octanol–water partition coefficient (Wildman–Crippen LogP) is 1.75. The fourth-order valence-corrected chi connectivity index (χ4v) is 2.17. The van der Waals surface area contributed by atoms with Crippen molar-refractivity contribution in [1.82, 2.24) is 0 Å². The SMILES string of the molecule is N#Cc1c(F)cccc1N1CCC[C@@H]1C(=O)O. The number of hydrogen-bond donors (Lipinski definition) is 1. The van der Waals surface area contributed by atoms with E-state index in [0.717, 1.165) is 6.42 Å². The van der Waals surface area contributed by atoms with Crippen molar-refractivity contribution in [2.45, 2.75) is 18.9 Å². The van der Waals surface area contributed by atoms with Crippen LogP contribution >= 0.6 is 0 Å². The summed E-state index contributed by atoms with van der Waals surface area (Å²) in [5.74, 6) is -1.54. The molecule has 1 aliphatic rings. The summed E-state index contributed by atoms with van der Waals surface area (Å²) in [6.07, 6.45) is 1.26. The van der Waals surface area contributed by atoms with Crippen molar-refractivity contribution in [3.63, 3.8) is 0 Å². The van der Waals surface area contributed by atoms with Gasteiger partial charge in [0, 0.05) is 6.54 Å². The smallest absolute Gasteiger partial charge is 0.326 e. The van der Waals surface area contributed by atoms with E-state index in [4.69, 9.17) is 10.4 Å². The molecule has 1 aliphatic heterocycles. The molecule has 0 aromatic heterocycles. The molecule has 4 nitrogen and oxygen atoms in total. The van der Waals surface area contributed by atoms with E-state index in [1.807, 2.05) is 0 Å². The molecule has 0 saturated carbocycles. The van der Waals surface area contributed by atoms with Gasteiger partial charge < -0.3 is 10.0 Å². The van der Waals surface area contributed by atoms with Gasteiger partial charge in [0.25, 0.3) is 0 Å². The van der Waals surface area contributed by atoms with Crippen LogP contribution in [0.5, 0.6) is 0 Å². The Morgan fingerprint density at radius 2 is 2.35 bits per heavy atom. The predicted molar refractivity (Wildman–Crippen MR) is 59.1 cm³/mol. The van der Waals surface area contributed by atoms with Gasteiger partial charge in [-0.15, -0.1) is 0 Å². The normalized spacial score (nSPS) is 19.1. The third-order valence-corrected chi connectivity index (χ3v) is 2.95. The number of carboxylic acid groups (broad SMARTS) is 1. The molecule has 88 valence electrons. The lowest BCUT2D eigenvalue weighted by atomic mass is 10.1. The standard InChI is InChI=1S/C12H11FN2O2/c13-9-3-1-4-10(8(9)7-14)15-6-2-5-11(15)12(16)17/h1,3-4,11H,2,5-6H2,(H,16,17)/t11-/m1/s1. The van der Waals surface area contributed by atoms with Gasteiger partial charge in [-0.1, -0.05) is 6.07 Å². The van der Waals surface area contributed by atoms with E-state index < -0.39 is 17.8 Å². The van der Waals surface area contributed by atoms with Crippen LogP contribution in [0, 0.1) is 17.1 Å². The first-order valence-corrected chi connectivity index (χ1v) is 5.33. The maximum Gasteiger partial charge on any atom is 0.326 e. The summed E-state index contributed by atoms with van der Waals surface area (Å²) in [6.45, 7) is 0.537. The van der Waals surface area contributed by atoms with Gasteiger partial charge in [-0.3, -0.25) is 0 Å². The van der Waals surface area contributed by atoms with E-state index in [1.54, 1.807) is 17.0 Å². The van der Waals surface area contributed by atoms with E-state index >= 15 is 0 Å². The highest BCUT2D eigenvalue weighted by atomic mass is 19.1. The van der Waals surface area contributed by atoms with E-state index in [2.05, 4.69) is 0 Å². The monoisotopic (exact) mass is 234 g/mol. The summed E-state index contributed by atoms with van der Waals surface area (Å²) >= 11 is 0. The molecule has 5 heteroatoms. The summed E-state index contributed by atoms with van der Waals surface area (Å²) in [4.78, 5) is 12.6. The highest BCUT2D eigenvalue weighted by Crippen LogP contribution is 2.29. The molecule has 0 unspecified atom stereocenters. The van der Waals surface area contributed by atoms with Gasteiger partial charge in [-0.2, -0.15) is 5.26 Å². The van der Waals surface area contributed by atoms with Crippen LogP contribution in [0.2, 0.25) is 0 Å². The summed E-state index contributed by atoms with van der Waals surface area (Å²) in [5.41, 5.74) is 0.290. The molecular formula is C12H11FN2O2. The molecular weight excluding hydrogens is 223 g/mol. The number of halogens is 1. The zero-order valence-electron chi connectivity index (χ0n) is 9.06. The molecule has 0 aliphatic carbocycles. The minimum Gasteiger partial charge on any atom is -0.480 e. The van der Waals surface area contributed by atoms with Crippen molar-refractivity contribution < 1.29 is 14.3 Å². The number of benzene rings is 1. The maximum absolute atomic E-state index is 13.4. The minimum atomic E-state index is -0.935.